The van der Waals surface area contributed by atoms with Gasteiger partial charge in [-0.25, -0.2) is 4.98 Å². The van der Waals surface area contributed by atoms with Crippen LogP contribution in [0.25, 0.3) is 22.6 Å². The highest BCUT2D eigenvalue weighted by molar-refractivity contribution is 5.97. The quantitative estimate of drug-likeness (QED) is 0.619. The number of ketones is 1. The first kappa shape index (κ1) is 14.5. The van der Waals surface area contributed by atoms with Crippen molar-refractivity contribution in [3.05, 3.63) is 53.6 Å². The number of benzene rings is 2. The second-order valence-corrected chi connectivity index (χ2v) is 5.56. The predicted molar refractivity (Wildman–Crippen MR) is 88.1 cm³/mol. The Hall–Kier alpha value is -2.42. The lowest BCUT2D eigenvalue weighted by Gasteiger charge is -2.00. The van der Waals surface area contributed by atoms with Gasteiger partial charge in [0.05, 0.1) is 0 Å². The third kappa shape index (κ3) is 2.93. The summed E-state index contributed by atoms with van der Waals surface area (Å²) >= 11 is 0. The molecule has 0 radical (unpaired) electrons. The molecule has 0 spiro atoms. The van der Waals surface area contributed by atoms with E-state index in [0.29, 0.717) is 17.0 Å². The van der Waals surface area contributed by atoms with Crippen molar-refractivity contribution in [2.75, 3.05) is 0 Å². The van der Waals surface area contributed by atoms with Gasteiger partial charge in [0.2, 0.25) is 5.89 Å². The molecule has 1 aromatic heterocycles. The molecule has 0 unspecified atom stereocenters. The molecule has 0 fully saturated rings. The summed E-state index contributed by atoms with van der Waals surface area (Å²) in [6.07, 6.45) is 3.51. The Bertz CT molecular complexity index is 800. The number of rotatable bonds is 5. The minimum Gasteiger partial charge on any atom is -0.436 e. The molecule has 0 aliphatic rings. The fraction of sp³-hybridized carbons (Fsp3) is 0.263. The SMILES string of the molecule is CCCCc1ccc(-c2nc3cc(C(C)=O)ccc3o2)cc1. The highest BCUT2D eigenvalue weighted by Crippen LogP contribution is 2.25. The smallest absolute Gasteiger partial charge is 0.227 e. The van der Waals surface area contributed by atoms with Gasteiger partial charge in [-0.15, -0.1) is 0 Å². The van der Waals surface area contributed by atoms with E-state index < -0.39 is 0 Å². The summed E-state index contributed by atoms with van der Waals surface area (Å²) in [7, 11) is 0. The number of unbranched alkanes of at least 4 members (excludes halogenated alkanes) is 1. The zero-order chi connectivity index (χ0) is 15.5. The van der Waals surface area contributed by atoms with Crippen LogP contribution in [0.5, 0.6) is 0 Å². The topological polar surface area (TPSA) is 43.1 Å². The van der Waals surface area contributed by atoms with Crippen molar-refractivity contribution in [3.63, 3.8) is 0 Å². The number of fused-ring (bicyclic) bond motifs is 1. The van der Waals surface area contributed by atoms with E-state index in [1.807, 2.05) is 12.1 Å². The van der Waals surface area contributed by atoms with Crippen molar-refractivity contribution < 1.29 is 9.21 Å². The maximum atomic E-state index is 11.4. The molecule has 22 heavy (non-hydrogen) atoms. The summed E-state index contributed by atoms with van der Waals surface area (Å²) in [5.74, 6) is 0.629. The van der Waals surface area contributed by atoms with Crippen molar-refractivity contribution in [2.45, 2.75) is 33.1 Å². The molecule has 3 rings (SSSR count). The van der Waals surface area contributed by atoms with E-state index in [0.717, 1.165) is 17.5 Å². The van der Waals surface area contributed by atoms with Crippen molar-refractivity contribution in [1.29, 1.82) is 0 Å². The Morgan fingerprint density at radius 1 is 1.14 bits per heavy atom. The van der Waals surface area contributed by atoms with Crippen LogP contribution in [-0.2, 0) is 6.42 Å². The van der Waals surface area contributed by atoms with E-state index >= 15 is 0 Å². The van der Waals surface area contributed by atoms with Crippen molar-refractivity contribution in [1.82, 2.24) is 4.98 Å². The molecule has 0 aliphatic carbocycles. The molecule has 3 aromatic rings. The second-order valence-electron chi connectivity index (χ2n) is 5.56. The van der Waals surface area contributed by atoms with Crippen molar-refractivity contribution in [2.24, 2.45) is 0 Å². The lowest BCUT2D eigenvalue weighted by molar-refractivity contribution is 0.101. The Morgan fingerprint density at radius 2 is 1.91 bits per heavy atom. The first-order valence-corrected chi connectivity index (χ1v) is 7.68. The average Bonchev–Trinajstić information content (AvgIpc) is 2.96. The van der Waals surface area contributed by atoms with Crippen LogP contribution in [0.15, 0.2) is 46.9 Å². The number of oxazole rings is 1. The predicted octanol–water partition coefficient (Wildman–Crippen LogP) is 5.04. The number of aromatic nitrogens is 1. The number of hydrogen-bond acceptors (Lipinski definition) is 3. The minimum absolute atomic E-state index is 0.0340. The molecule has 0 amide bonds. The number of aryl methyl sites for hydroxylation is 1. The zero-order valence-electron chi connectivity index (χ0n) is 12.9. The van der Waals surface area contributed by atoms with Gasteiger partial charge in [0.25, 0.3) is 0 Å². The van der Waals surface area contributed by atoms with Crippen molar-refractivity contribution in [3.8, 4) is 11.5 Å². The van der Waals surface area contributed by atoms with Gasteiger partial charge in [-0.2, -0.15) is 0 Å². The Kier molecular flexibility index (Phi) is 4.05. The van der Waals surface area contributed by atoms with Crippen molar-refractivity contribution >= 4 is 16.9 Å². The van der Waals surface area contributed by atoms with Crippen LogP contribution < -0.4 is 0 Å². The number of carbonyl (C=O) groups excluding carboxylic acids is 1. The van der Waals surface area contributed by atoms with E-state index in [2.05, 4.69) is 24.0 Å². The zero-order valence-corrected chi connectivity index (χ0v) is 12.9. The van der Waals surface area contributed by atoms with Gasteiger partial charge >= 0.3 is 0 Å². The minimum atomic E-state index is 0.0340. The summed E-state index contributed by atoms with van der Waals surface area (Å²) in [4.78, 5) is 15.9. The van der Waals surface area contributed by atoms with Crippen LogP contribution in [-0.4, -0.2) is 10.8 Å². The monoisotopic (exact) mass is 293 g/mol. The van der Waals surface area contributed by atoms with E-state index in [4.69, 9.17) is 4.42 Å². The van der Waals surface area contributed by atoms with Crippen LogP contribution >= 0.6 is 0 Å². The number of hydrogen-bond donors (Lipinski definition) is 0. The van der Waals surface area contributed by atoms with Gasteiger partial charge in [-0.1, -0.05) is 25.5 Å². The molecular formula is C19H19NO2. The van der Waals surface area contributed by atoms with Crippen LogP contribution in [0.1, 0.15) is 42.6 Å². The number of nitrogens with zero attached hydrogens (tertiary/aromatic N) is 1. The molecule has 0 bridgehead atoms. The first-order chi connectivity index (χ1) is 10.7. The van der Waals surface area contributed by atoms with Gasteiger partial charge in [0.1, 0.15) is 5.52 Å². The average molecular weight is 293 g/mol. The lowest BCUT2D eigenvalue weighted by atomic mass is 10.1. The fourth-order valence-corrected chi connectivity index (χ4v) is 2.46. The normalized spacial score (nSPS) is 11.0. The molecule has 0 atom stereocenters. The molecule has 2 aromatic carbocycles. The largest absolute Gasteiger partial charge is 0.436 e. The van der Waals surface area contributed by atoms with Gasteiger partial charge < -0.3 is 4.42 Å². The van der Waals surface area contributed by atoms with E-state index in [9.17, 15) is 4.79 Å². The highest BCUT2D eigenvalue weighted by Gasteiger charge is 2.10. The summed E-state index contributed by atoms with van der Waals surface area (Å²) in [5.41, 5.74) is 4.37. The third-order valence-corrected chi connectivity index (χ3v) is 3.81. The molecule has 3 heteroatoms. The molecule has 112 valence electrons. The van der Waals surface area contributed by atoms with Gasteiger partial charge in [-0.05, 0) is 55.7 Å². The number of Topliss-reactive ketones (excluding diaryl/α,β-unsaturated/α-hetero) is 1. The maximum Gasteiger partial charge on any atom is 0.227 e. The van der Waals surface area contributed by atoms with Crippen LogP contribution in [0.4, 0.5) is 0 Å². The maximum absolute atomic E-state index is 11.4. The van der Waals surface area contributed by atoms with Crippen LogP contribution in [0.2, 0.25) is 0 Å². The molecule has 0 aliphatic heterocycles. The van der Waals surface area contributed by atoms with E-state index in [1.54, 1.807) is 25.1 Å². The Morgan fingerprint density at radius 3 is 2.59 bits per heavy atom. The van der Waals surface area contributed by atoms with Gasteiger partial charge in [-0.3, -0.25) is 4.79 Å². The second kappa shape index (κ2) is 6.14. The molecule has 1 heterocycles. The van der Waals surface area contributed by atoms with E-state index in [1.165, 1.54) is 18.4 Å². The van der Waals surface area contributed by atoms with Crippen LogP contribution in [0.3, 0.4) is 0 Å². The molecule has 0 N–H and O–H groups in total. The molecule has 0 saturated carbocycles. The molecule has 0 saturated heterocycles. The Labute approximate surface area is 130 Å². The van der Waals surface area contributed by atoms with Gasteiger partial charge in [0.15, 0.2) is 11.4 Å². The summed E-state index contributed by atoms with van der Waals surface area (Å²) in [5, 5.41) is 0. The fourth-order valence-electron chi connectivity index (χ4n) is 2.46. The van der Waals surface area contributed by atoms with E-state index in [-0.39, 0.29) is 5.78 Å². The van der Waals surface area contributed by atoms with Gasteiger partial charge in [0, 0.05) is 11.1 Å². The third-order valence-electron chi connectivity index (χ3n) is 3.81. The molecular weight excluding hydrogens is 274 g/mol. The summed E-state index contributed by atoms with van der Waals surface area (Å²) < 4.78 is 5.79. The highest BCUT2D eigenvalue weighted by atomic mass is 16.3. The first-order valence-electron chi connectivity index (χ1n) is 7.68. The standard InChI is InChI=1S/C19H19NO2/c1-3-4-5-14-6-8-15(9-7-14)19-20-17-12-16(13(2)21)10-11-18(17)22-19/h6-12H,3-5H2,1-2H3. The lowest BCUT2D eigenvalue weighted by Crippen LogP contribution is -1.90. The van der Waals surface area contributed by atoms with Crippen LogP contribution in [0, 0.1) is 0 Å². The summed E-state index contributed by atoms with van der Waals surface area (Å²) in [6.45, 7) is 3.75. The number of carbonyl (C=O) groups is 1. The summed E-state index contributed by atoms with van der Waals surface area (Å²) in [6, 6.07) is 13.7. The Balaban J connectivity index is 1.91. The molecule has 3 nitrogen and oxygen atoms in total.